The van der Waals surface area contributed by atoms with Crippen molar-refractivity contribution in [1.29, 1.82) is 0 Å². The summed E-state index contributed by atoms with van der Waals surface area (Å²) in [7, 11) is 1.62. The molecule has 21 heavy (non-hydrogen) atoms. The molecule has 1 aromatic carbocycles. The molecule has 0 aliphatic heterocycles. The minimum atomic E-state index is -0.612. The number of aryl methyl sites for hydroxylation is 1. The molecule has 2 aromatic rings. The third-order valence-electron chi connectivity index (χ3n) is 3.55. The van der Waals surface area contributed by atoms with Crippen molar-refractivity contribution in [2.45, 2.75) is 26.0 Å². The molecule has 0 saturated carbocycles. The molecule has 0 bridgehead atoms. The van der Waals surface area contributed by atoms with Crippen LogP contribution in [0.1, 0.15) is 35.8 Å². The number of pyridine rings is 1. The second-order valence-corrected chi connectivity index (χ2v) is 5.18. The third-order valence-corrected chi connectivity index (χ3v) is 3.55. The fraction of sp³-hybridized carbons (Fsp3) is 0.353. The standard InChI is InChI=1S/C17H22N2O2/c1-12-6-7-17(21-3)15(9-12)16(20)11-19-13(2)14-5-4-8-18-10-14/h4-10,13,16,19-20H,11H2,1-3H3. The minimum absolute atomic E-state index is 0.129. The number of hydrogen-bond donors (Lipinski definition) is 2. The molecule has 0 fully saturated rings. The highest BCUT2D eigenvalue weighted by Gasteiger charge is 2.15. The van der Waals surface area contributed by atoms with Crippen molar-refractivity contribution < 1.29 is 9.84 Å². The first kappa shape index (κ1) is 15.5. The van der Waals surface area contributed by atoms with Crippen LogP contribution < -0.4 is 10.1 Å². The van der Waals surface area contributed by atoms with Crippen molar-refractivity contribution in [3.05, 3.63) is 59.4 Å². The predicted octanol–water partition coefficient (Wildman–Crippen LogP) is 2.78. The quantitative estimate of drug-likeness (QED) is 0.857. The maximum absolute atomic E-state index is 10.4. The van der Waals surface area contributed by atoms with Gasteiger partial charge in [-0.2, -0.15) is 0 Å². The van der Waals surface area contributed by atoms with E-state index in [-0.39, 0.29) is 6.04 Å². The van der Waals surface area contributed by atoms with Crippen LogP contribution in [-0.4, -0.2) is 23.7 Å². The van der Waals surface area contributed by atoms with Crippen LogP contribution in [0.4, 0.5) is 0 Å². The summed E-state index contributed by atoms with van der Waals surface area (Å²) in [6.45, 7) is 4.51. The highest BCUT2D eigenvalue weighted by molar-refractivity contribution is 5.38. The van der Waals surface area contributed by atoms with Crippen molar-refractivity contribution in [2.24, 2.45) is 0 Å². The number of benzene rings is 1. The van der Waals surface area contributed by atoms with Crippen LogP contribution in [0.5, 0.6) is 5.75 Å². The molecule has 0 saturated heterocycles. The van der Waals surface area contributed by atoms with Gasteiger partial charge in [0.15, 0.2) is 0 Å². The van der Waals surface area contributed by atoms with Crippen LogP contribution in [0.3, 0.4) is 0 Å². The van der Waals surface area contributed by atoms with E-state index in [1.54, 1.807) is 13.3 Å². The molecule has 4 nitrogen and oxygen atoms in total. The topological polar surface area (TPSA) is 54.4 Å². The Balaban J connectivity index is 2.02. The molecule has 2 atom stereocenters. The number of methoxy groups -OCH3 is 1. The second kappa shape index (κ2) is 7.20. The zero-order valence-electron chi connectivity index (χ0n) is 12.7. The van der Waals surface area contributed by atoms with Crippen molar-refractivity contribution in [2.75, 3.05) is 13.7 Å². The summed E-state index contributed by atoms with van der Waals surface area (Å²) in [6, 6.07) is 9.88. The first-order valence-electron chi connectivity index (χ1n) is 7.07. The van der Waals surface area contributed by atoms with E-state index in [2.05, 4.69) is 17.2 Å². The number of nitrogens with one attached hydrogen (secondary N) is 1. The molecular weight excluding hydrogens is 264 g/mol. The number of aliphatic hydroxyl groups is 1. The fourth-order valence-corrected chi connectivity index (χ4v) is 2.26. The molecule has 0 radical (unpaired) electrons. The van der Waals surface area contributed by atoms with Crippen molar-refractivity contribution in [3.8, 4) is 5.75 Å². The Kier molecular flexibility index (Phi) is 5.31. The molecule has 112 valence electrons. The summed E-state index contributed by atoms with van der Waals surface area (Å²) in [5.41, 5.74) is 3.01. The summed E-state index contributed by atoms with van der Waals surface area (Å²) in [4.78, 5) is 4.11. The second-order valence-electron chi connectivity index (χ2n) is 5.18. The number of rotatable bonds is 6. The van der Waals surface area contributed by atoms with E-state index in [1.165, 1.54) is 0 Å². The monoisotopic (exact) mass is 286 g/mol. The van der Waals surface area contributed by atoms with Gasteiger partial charge < -0.3 is 15.2 Å². The molecule has 1 heterocycles. The Morgan fingerprint density at radius 3 is 2.81 bits per heavy atom. The van der Waals surface area contributed by atoms with Crippen molar-refractivity contribution >= 4 is 0 Å². The molecule has 0 amide bonds. The summed E-state index contributed by atoms with van der Waals surface area (Å²) in [5, 5.41) is 13.7. The van der Waals surface area contributed by atoms with E-state index in [4.69, 9.17) is 4.74 Å². The Morgan fingerprint density at radius 1 is 1.33 bits per heavy atom. The Labute approximate surface area is 125 Å². The zero-order chi connectivity index (χ0) is 15.2. The number of hydrogen-bond acceptors (Lipinski definition) is 4. The number of ether oxygens (including phenoxy) is 1. The van der Waals surface area contributed by atoms with Gasteiger partial charge in [0.05, 0.1) is 13.2 Å². The van der Waals surface area contributed by atoms with Gasteiger partial charge in [0.1, 0.15) is 5.75 Å². The lowest BCUT2D eigenvalue weighted by Crippen LogP contribution is -2.25. The molecule has 2 N–H and O–H groups in total. The maximum atomic E-state index is 10.4. The molecule has 2 unspecified atom stereocenters. The normalized spacial score (nSPS) is 13.7. The van der Waals surface area contributed by atoms with Gasteiger partial charge in [-0.05, 0) is 37.6 Å². The van der Waals surface area contributed by atoms with Gasteiger partial charge in [0.25, 0.3) is 0 Å². The SMILES string of the molecule is COc1ccc(C)cc1C(O)CNC(C)c1cccnc1. The van der Waals surface area contributed by atoms with Crippen molar-refractivity contribution in [1.82, 2.24) is 10.3 Å². The molecule has 4 heteroatoms. The smallest absolute Gasteiger partial charge is 0.124 e. The highest BCUT2D eigenvalue weighted by atomic mass is 16.5. The molecular formula is C17H22N2O2. The number of aromatic nitrogens is 1. The highest BCUT2D eigenvalue weighted by Crippen LogP contribution is 2.26. The molecule has 0 aliphatic rings. The van der Waals surface area contributed by atoms with Gasteiger partial charge in [0, 0.05) is 30.5 Å². The van der Waals surface area contributed by atoms with Crippen LogP contribution in [0.2, 0.25) is 0 Å². The van der Waals surface area contributed by atoms with E-state index < -0.39 is 6.10 Å². The van der Waals surface area contributed by atoms with Gasteiger partial charge in [-0.1, -0.05) is 17.7 Å². The molecule has 2 rings (SSSR count). The minimum Gasteiger partial charge on any atom is -0.496 e. The number of aliphatic hydroxyl groups excluding tert-OH is 1. The average molecular weight is 286 g/mol. The maximum Gasteiger partial charge on any atom is 0.124 e. The predicted molar refractivity (Wildman–Crippen MR) is 83.3 cm³/mol. The molecule has 0 aliphatic carbocycles. The van der Waals surface area contributed by atoms with Gasteiger partial charge in [-0.15, -0.1) is 0 Å². The summed E-state index contributed by atoms with van der Waals surface area (Å²) < 4.78 is 5.32. The van der Waals surface area contributed by atoms with Crippen LogP contribution in [-0.2, 0) is 0 Å². The lowest BCUT2D eigenvalue weighted by atomic mass is 10.0. The lowest BCUT2D eigenvalue weighted by Gasteiger charge is -2.19. The number of nitrogens with zero attached hydrogens (tertiary/aromatic N) is 1. The summed E-state index contributed by atoms with van der Waals surface area (Å²) >= 11 is 0. The Bertz CT molecular complexity index is 572. The van der Waals surface area contributed by atoms with Gasteiger partial charge in [-0.3, -0.25) is 4.98 Å². The third kappa shape index (κ3) is 4.03. The van der Waals surface area contributed by atoms with E-state index in [1.807, 2.05) is 43.5 Å². The summed E-state index contributed by atoms with van der Waals surface area (Å²) in [5.74, 6) is 0.712. The van der Waals surface area contributed by atoms with Gasteiger partial charge in [-0.25, -0.2) is 0 Å². The van der Waals surface area contributed by atoms with E-state index in [0.29, 0.717) is 12.3 Å². The first-order valence-corrected chi connectivity index (χ1v) is 7.07. The molecule has 1 aromatic heterocycles. The van der Waals surface area contributed by atoms with Crippen LogP contribution in [0.25, 0.3) is 0 Å². The largest absolute Gasteiger partial charge is 0.496 e. The van der Waals surface area contributed by atoms with E-state index >= 15 is 0 Å². The van der Waals surface area contributed by atoms with Crippen molar-refractivity contribution in [3.63, 3.8) is 0 Å². The average Bonchev–Trinajstić information content (AvgIpc) is 2.53. The first-order chi connectivity index (χ1) is 10.1. The lowest BCUT2D eigenvalue weighted by molar-refractivity contribution is 0.166. The fourth-order valence-electron chi connectivity index (χ4n) is 2.26. The van der Waals surface area contributed by atoms with Gasteiger partial charge >= 0.3 is 0 Å². The van der Waals surface area contributed by atoms with Gasteiger partial charge in [0.2, 0.25) is 0 Å². The zero-order valence-corrected chi connectivity index (χ0v) is 12.7. The Hall–Kier alpha value is -1.91. The Morgan fingerprint density at radius 2 is 2.14 bits per heavy atom. The van der Waals surface area contributed by atoms with E-state index in [0.717, 1.165) is 16.7 Å². The van der Waals surface area contributed by atoms with E-state index in [9.17, 15) is 5.11 Å². The molecule has 0 spiro atoms. The van der Waals surface area contributed by atoms with Crippen LogP contribution in [0.15, 0.2) is 42.7 Å². The summed E-state index contributed by atoms with van der Waals surface area (Å²) in [6.07, 6.45) is 2.97. The van der Waals surface area contributed by atoms with Crippen LogP contribution >= 0.6 is 0 Å². The van der Waals surface area contributed by atoms with Crippen LogP contribution in [0, 0.1) is 6.92 Å².